The van der Waals surface area contributed by atoms with Gasteiger partial charge >= 0.3 is 5.97 Å². The molecule has 1 heterocycles. The summed E-state index contributed by atoms with van der Waals surface area (Å²) in [5.74, 6) is -0.964. The van der Waals surface area contributed by atoms with Crippen LogP contribution < -0.4 is 10.1 Å². The topological polar surface area (TPSA) is 94.7 Å². The first-order valence-electron chi connectivity index (χ1n) is 12.3. The minimum atomic E-state index is -0.742. The van der Waals surface area contributed by atoms with Crippen LogP contribution in [0, 0.1) is 0 Å². The molecule has 37 heavy (non-hydrogen) atoms. The number of esters is 1. The summed E-state index contributed by atoms with van der Waals surface area (Å²) in [5.41, 5.74) is 2.79. The highest BCUT2D eigenvalue weighted by atomic mass is 35.5. The number of carbonyl (C=O) groups excluding carboxylic acids is 2. The van der Waals surface area contributed by atoms with Crippen molar-refractivity contribution in [1.29, 1.82) is 0 Å². The quantitative estimate of drug-likeness (QED) is 0.252. The number of fused-ring (bicyclic) bond motifs is 1. The Hall–Kier alpha value is -3.65. The zero-order chi connectivity index (χ0) is 26.4. The smallest absolute Gasteiger partial charge is 0.343 e. The molecule has 0 fully saturated rings. The molecule has 192 valence electrons. The Kier molecular flexibility index (Phi) is 8.61. The van der Waals surface area contributed by atoms with Gasteiger partial charge in [0.2, 0.25) is 0 Å². The number of amides is 1. The Morgan fingerprint density at radius 2 is 1.70 bits per heavy atom. The van der Waals surface area contributed by atoms with Gasteiger partial charge < -0.3 is 25.0 Å². The summed E-state index contributed by atoms with van der Waals surface area (Å²) in [6.07, 6.45) is -0.742. The zero-order valence-electron chi connectivity index (χ0n) is 20.8. The fourth-order valence-corrected chi connectivity index (χ4v) is 4.34. The Morgan fingerprint density at radius 3 is 2.38 bits per heavy atom. The second-order valence-corrected chi connectivity index (χ2v) is 9.11. The lowest BCUT2D eigenvalue weighted by Crippen LogP contribution is -2.40. The number of hydrogen-bond donors (Lipinski definition) is 3. The summed E-state index contributed by atoms with van der Waals surface area (Å²) < 4.78 is 5.87. The van der Waals surface area contributed by atoms with Crippen molar-refractivity contribution in [3.8, 4) is 16.9 Å². The Balaban J connectivity index is 1.70. The lowest BCUT2D eigenvalue weighted by atomic mass is 10.0. The van der Waals surface area contributed by atoms with Gasteiger partial charge in [-0.2, -0.15) is 0 Å². The van der Waals surface area contributed by atoms with Crippen molar-refractivity contribution in [2.24, 2.45) is 0 Å². The van der Waals surface area contributed by atoms with Gasteiger partial charge in [0.25, 0.3) is 5.91 Å². The van der Waals surface area contributed by atoms with Crippen LogP contribution in [0.4, 0.5) is 0 Å². The largest absolute Gasteiger partial charge is 0.420 e. The van der Waals surface area contributed by atoms with E-state index in [2.05, 4.69) is 15.2 Å². The van der Waals surface area contributed by atoms with Crippen molar-refractivity contribution in [2.75, 3.05) is 26.2 Å². The normalized spacial score (nSPS) is 12.0. The number of aromatic amines is 1. The summed E-state index contributed by atoms with van der Waals surface area (Å²) in [5, 5.41) is 14.3. The average Bonchev–Trinajstić information content (AvgIpc) is 3.29. The van der Waals surface area contributed by atoms with Crippen LogP contribution in [0.15, 0.2) is 72.8 Å². The molecule has 7 nitrogen and oxygen atoms in total. The number of likely N-dealkylation sites (N-methyl/N-ethyl adjacent to an activating group) is 1. The highest BCUT2D eigenvalue weighted by molar-refractivity contribution is 6.30. The molecule has 0 saturated carbocycles. The zero-order valence-corrected chi connectivity index (χ0v) is 21.6. The Bertz CT molecular complexity index is 1370. The van der Waals surface area contributed by atoms with Crippen molar-refractivity contribution in [3.63, 3.8) is 0 Å². The fraction of sp³-hybridized carbons (Fsp3) is 0.241. The van der Waals surface area contributed by atoms with E-state index in [4.69, 9.17) is 16.3 Å². The predicted molar refractivity (Wildman–Crippen MR) is 146 cm³/mol. The van der Waals surface area contributed by atoms with E-state index in [-0.39, 0.29) is 18.0 Å². The van der Waals surface area contributed by atoms with Crippen molar-refractivity contribution < 1.29 is 19.4 Å². The van der Waals surface area contributed by atoms with Gasteiger partial charge in [0.15, 0.2) is 5.75 Å². The average molecular weight is 520 g/mol. The second kappa shape index (κ2) is 12.1. The molecular formula is C29H30ClN3O4. The molecule has 8 heteroatoms. The van der Waals surface area contributed by atoms with Crippen molar-refractivity contribution in [1.82, 2.24) is 15.2 Å². The highest BCUT2D eigenvalue weighted by Gasteiger charge is 2.25. The summed E-state index contributed by atoms with van der Waals surface area (Å²) in [6, 6.07) is 21.6. The van der Waals surface area contributed by atoms with E-state index >= 15 is 0 Å². The molecule has 0 saturated heterocycles. The number of rotatable bonds is 10. The van der Waals surface area contributed by atoms with Crippen LogP contribution in [0.5, 0.6) is 5.75 Å². The molecule has 0 aliphatic heterocycles. The van der Waals surface area contributed by atoms with Crippen molar-refractivity contribution in [2.45, 2.75) is 20.0 Å². The third-order valence-corrected chi connectivity index (χ3v) is 6.48. The van der Waals surface area contributed by atoms with E-state index in [1.54, 1.807) is 24.3 Å². The van der Waals surface area contributed by atoms with E-state index in [0.29, 0.717) is 28.0 Å². The van der Waals surface area contributed by atoms with Crippen molar-refractivity contribution >= 4 is 34.4 Å². The molecule has 1 atom stereocenters. The maximum Gasteiger partial charge on any atom is 0.343 e. The van der Waals surface area contributed by atoms with E-state index in [0.717, 1.165) is 24.2 Å². The molecule has 4 aromatic rings. The van der Waals surface area contributed by atoms with E-state index in [1.807, 2.05) is 62.4 Å². The lowest BCUT2D eigenvalue weighted by Gasteiger charge is -2.22. The van der Waals surface area contributed by atoms with Crippen LogP contribution in [0.25, 0.3) is 22.0 Å². The van der Waals surface area contributed by atoms with Crippen LogP contribution in [0.2, 0.25) is 5.02 Å². The molecule has 0 aliphatic carbocycles. The molecule has 0 aliphatic rings. The van der Waals surface area contributed by atoms with E-state index in [9.17, 15) is 14.7 Å². The second-order valence-electron chi connectivity index (χ2n) is 8.67. The van der Waals surface area contributed by atoms with Gasteiger partial charge in [0, 0.05) is 18.1 Å². The first-order chi connectivity index (χ1) is 17.9. The number of aliphatic hydroxyl groups is 1. The van der Waals surface area contributed by atoms with Gasteiger partial charge in [0.05, 0.1) is 22.6 Å². The molecule has 1 unspecified atom stereocenters. The summed E-state index contributed by atoms with van der Waals surface area (Å²) in [4.78, 5) is 31.6. The fourth-order valence-electron chi connectivity index (χ4n) is 4.22. The predicted octanol–water partition coefficient (Wildman–Crippen LogP) is 5.14. The SMILES string of the molecule is CCN(CC)CC(O)CNC(=O)c1[nH]c2cccc(-c3ccccc3)c2c1OC(=O)c1ccc(Cl)cc1. The molecule has 3 N–H and O–H groups in total. The van der Waals surface area contributed by atoms with Crippen LogP contribution in [0.1, 0.15) is 34.7 Å². The molecule has 1 aromatic heterocycles. The van der Waals surface area contributed by atoms with E-state index < -0.39 is 18.0 Å². The number of ether oxygens (including phenoxy) is 1. The Morgan fingerprint density at radius 1 is 1.00 bits per heavy atom. The number of nitrogens with zero attached hydrogens (tertiary/aromatic N) is 1. The number of hydrogen-bond acceptors (Lipinski definition) is 5. The first-order valence-corrected chi connectivity index (χ1v) is 12.7. The maximum absolute atomic E-state index is 13.3. The number of aliphatic hydroxyl groups excluding tert-OH is 1. The van der Waals surface area contributed by atoms with Crippen LogP contribution in [0.3, 0.4) is 0 Å². The first kappa shape index (κ1) is 26.4. The Labute approximate surface area is 221 Å². The molecule has 0 bridgehead atoms. The van der Waals surface area contributed by atoms with Crippen LogP contribution >= 0.6 is 11.6 Å². The van der Waals surface area contributed by atoms with Gasteiger partial charge in [-0.25, -0.2) is 4.79 Å². The monoisotopic (exact) mass is 519 g/mol. The number of carbonyl (C=O) groups is 2. The van der Waals surface area contributed by atoms with Crippen LogP contribution in [-0.2, 0) is 0 Å². The number of nitrogens with one attached hydrogen (secondary N) is 2. The standard InChI is InChI=1S/C29H30ClN3O4/c1-3-33(4-2)18-22(34)17-31-28(35)26-27(37-29(36)20-13-15-21(30)16-14-20)25-23(11-8-12-24(25)32-26)19-9-6-5-7-10-19/h5-16,22,32,34H,3-4,17-18H2,1-2H3,(H,31,35). The number of aromatic nitrogens is 1. The third-order valence-electron chi connectivity index (χ3n) is 6.23. The lowest BCUT2D eigenvalue weighted by molar-refractivity contribution is 0.0732. The summed E-state index contributed by atoms with van der Waals surface area (Å²) >= 11 is 5.97. The minimum Gasteiger partial charge on any atom is -0.420 e. The van der Waals surface area contributed by atoms with Crippen LogP contribution in [-0.4, -0.2) is 59.1 Å². The number of benzene rings is 3. The number of halogens is 1. The van der Waals surface area contributed by atoms with Gasteiger partial charge in [0.1, 0.15) is 5.69 Å². The highest BCUT2D eigenvalue weighted by Crippen LogP contribution is 2.38. The van der Waals surface area contributed by atoms with Gasteiger partial charge in [-0.15, -0.1) is 0 Å². The molecule has 1 amide bonds. The molecule has 4 rings (SSSR count). The third kappa shape index (κ3) is 6.20. The van der Waals surface area contributed by atoms with Gasteiger partial charge in [-0.1, -0.05) is 67.9 Å². The molecular weight excluding hydrogens is 490 g/mol. The van der Waals surface area contributed by atoms with E-state index in [1.165, 1.54) is 0 Å². The number of H-pyrrole nitrogens is 1. The molecule has 0 spiro atoms. The van der Waals surface area contributed by atoms with Crippen molar-refractivity contribution in [3.05, 3.63) is 89.1 Å². The van der Waals surface area contributed by atoms with Gasteiger partial charge in [-0.3, -0.25) is 4.79 Å². The summed E-state index contributed by atoms with van der Waals surface area (Å²) in [6.45, 7) is 6.14. The minimum absolute atomic E-state index is 0.0564. The molecule has 0 radical (unpaired) electrons. The van der Waals surface area contributed by atoms with Gasteiger partial charge in [-0.05, 0) is 54.5 Å². The molecule has 3 aromatic carbocycles. The summed E-state index contributed by atoms with van der Waals surface area (Å²) in [7, 11) is 0. The maximum atomic E-state index is 13.3.